The van der Waals surface area contributed by atoms with Gasteiger partial charge in [-0.2, -0.15) is 5.10 Å². The topological polar surface area (TPSA) is 93.5 Å². The van der Waals surface area contributed by atoms with E-state index in [4.69, 9.17) is 4.74 Å². The molecule has 136 valence electrons. The summed E-state index contributed by atoms with van der Waals surface area (Å²) in [6.45, 7) is 4.01. The van der Waals surface area contributed by atoms with Crippen molar-refractivity contribution in [3.05, 3.63) is 45.8 Å². The van der Waals surface area contributed by atoms with E-state index in [1.54, 1.807) is 11.2 Å². The van der Waals surface area contributed by atoms with E-state index in [9.17, 15) is 9.59 Å². The fourth-order valence-corrected chi connectivity index (χ4v) is 3.34. The Morgan fingerprint density at radius 2 is 1.96 bits per heavy atom. The molecule has 0 bridgehead atoms. The first-order valence-corrected chi connectivity index (χ1v) is 8.62. The molecular weight excluding hydrogens is 336 g/mol. The first-order valence-electron chi connectivity index (χ1n) is 8.62. The number of aryl methyl sites for hydroxylation is 1. The molecule has 9 nitrogen and oxygen atoms in total. The Hall–Kier alpha value is -2.81. The van der Waals surface area contributed by atoms with Gasteiger partial charge in [0.15, 0.2) is 0 Å². The van der Waals surface area contributed by atoms with Crippen molar-refractivity contribution >= 4 is 11.7 Å². The largest absolute Gasteiger partial charge is 0.378 e. The van der Waals surface area contributed by atoms with Crippen LogP contribution in [0.2, 0.25) is 0 Å². The Balaban J connectivity index is 1.57. The van der Waals surface area contributed by atoms with E-state index in [1.165, 1.54) is 23.9 Å². The summed E-state index contributed by atoms with van der Waals surface area (Å²) in [4.78, 5) is 37.0. The predicted molar refractivity (Wildman–Crippen MR) is 93.0 cm³/mol. The maximum Gasteiger partial charge on any atom is 0.274 e. The third-order valence-corrected chi connectivity index (χ3v) is 4.76. The van der Waals surface area contributed by atoms with Gasteiger partial charge in [0.05, 0.1) is 25.5 Å². The van der Waals surface area contributed by atoms with Gasteiger partial charge in [-0.25, -0.2) is 14.6 Å². The molecule has 2 aliphatic rings. The van der Waals surface area contributed by atoms with Crippen LogP contribution >= 0.6 is 0 Å². The van der Waals surface area contributed by atoms with E-state index in [1.807, 2.05) is 0 Å². The lowest BCUT2D eigenvalue weighted by atomic mass is 10.0. The number of hydrogen-bond donors (Lipinski definition) is 0. The molecule has 9 heteroatoms. The van der Waals surface area contributed by atoms with Crippen molar-refractivity contribution in [2.24, 2.45) is 7.05 Å². The molecule has 1 saturated heterocycles. The number of carbonyl (C=O) groups is 1. The van der Waals surface area contributed by atoms with Crippen molar-refractivity contribution in [1.82, 2.24) is 24.6 Å². The minimum absolute atomic E-state index is 0.196. The molecule has 26 heavy (non-hydrogen) atoms. The highest BCUT2D eigenvalue weighted by molar-refractivity contribution is 5.92. The zero-order chi connectivity index (χ0) is 18.1. The lowest BCUT2D eigenvalue weighted by Gasteiger charge is -2.33. The SMILES string of the molecule is Cn1nc(C(=O)N2CCc3c(ncnc3N3CCOCC3)C2)ccc1=O. The highest BCUT2D eigenvalue weighted by Gasteiger charge is 2.28. The molecule has 0 saturated carbocycles. The molecule has 0 unspecified atom stereocenters. The number of morpholine rings is 1. The minimum Gasteiger partial charge on any atom is -0.378 e. The fraction of sp³-hybridized carbons (Fsp3) is 0.471. The fourth-order valence-electron chi connectivity index (χ4n) is 3.34. The number of rotatable bonds is 2. The number of aromatic nitrogens is 4. The summed E-state index contributed by atoms with van der Waals surface area (Å²) in [5.41, 5.74) is 1.99. The number of fused-ring (bicyclic) bond motifs is 1. The number of anilines is 1. The Labute approximate surface area is 150 Å². The van der Waals surface area contributed by atoms with E-state index in [-0.39, 0.29) is 17.2 Å². The van der Waals surface area contributed by atoms with Crippen LogP contribution in [0, 0.1) is 0 Å². The van der Waals surface area contributed by atoms with E-state index in [0.717, 1.165) is 30.2 Å². The van der Waals surface area contributed by atoms with Crippen LogP contribution in [0.1, 0.15) is 21.7 Å². The molecule has 2 aromatic rings. The molecule has 0 aliphatic carbocycles. The van der Waals surface area contributed by atoms with Crippen molar-refractivity contribution in [3.8, 4) is 0 Å². The van der Waals surface area contributed by atoms with E-state index in [0.29, 0.717) is 32.7 Å². The average Bonchev–Trinajstić information content (AvgIpc) is 2.69. The molecule has 0 atom stereocenters. The Morgan fingerprint density at radius 3 is 2.73 bits per heavy atom. The Kier molecular flexibility index (Phi) is 4.37. The zero-order valence-corrected chi connectivity index (χ0v) is 14.6. The number of amides is 1. The Bertz CT molecular complexity index is 890. The average molecular weight is 356 g/mol. The summed E-state index contributed by atoms with van der Waals surface area (Å²) in [5.74, 6) is 0.753. The van der Waals surface area contributed by atoms with Crippen LogP contribution < -0.4 is 10.5 Å². The first-order chi connectivity index (χ1) is 12.6. The van der Waals surface area contributed by atoms with Crippen molar-refractivity contribution in [1.29, 1.82) is 0 Å². The summed E-state index contributed by atoms with van der Waals surface area (Å²) in [6.07, 6.45) is 2.25. The van der Waals surface area contributed by atoms with E-state index < -0.39 is 0 Å². The summed E-state index contributed by atoms with van der Waals surface area (Å²) < 4.78 is 6.58. The summed E-state index contributed by atoms with van der Waals surface area (Å²) in [6, 6.07) is 2.83. The summed E-state index contributed by atoms with van der Waals surface area (Å²) in [5, 5.41) is 4.05. The predicted octanol–water partition coefficient (Wildman–Crippen LogP) is -0.395. The lowest BCUT2D eigenvalue weighted by molar-refractivity contribution is 0.0723. The number of ether oxygens (including phenoxy) is 1. The third kappa shape index (κ3) is 3.05. The second-order valence-electron chi connectivity index (χ2n) is 6.38. The molecular formula is C17H20N6O3. The molecule has 2 aliphatic heterocycles. The van der Waals surface area contributed by atoms with Gasteiger partial charge in [0.1, 0.15) is 17.8 Å². The molecule has 0 radical (unpaired) electrons. The van der Waals surface area contributed by atoms with Gasteiger partial charge >= 0.3 is 0 Å². The van der Waals surface area contributed by atoms with Crippen molar-refractivity contribution < 1.29 is 9.53 Å². The van der Waals surface area contributed by atoms with Gasteiger partial charge in [-0.15, -0.1) is 0 Å². The maximum atomic E-state index is 12.7. The zero-order valence-electron chi connectivity index (χ0n) is 14.6. The van der Waals surface area contributed by atoms with Gasteiger partial charge in [0, 0.05) is 38.3 Å². The quantitative estimate of drug-likeness (QED) is 0.723. The highest BCUT2D eigenvalue weighted by Crippen LogP contribution is 2.26. The van der Waals surface area contributed by atoms with Crippen LogP contribution in [0.15, 0.2) is 23.3 Å². The number of nitrogens with zero attached hydrogens (tertiary/aromatic N) is 6. The van der Waals surface area contributed by atoms with Gasteiger partial charge in [-0.3, -0.25) is 9.59 Å². The molecule has 0 N–H and O–H groups in total. The molecule has 0 spiro atoms. The van der Waals surface area contributed by atoms with Crippen molar-refractivity contribution in [3.63, 3.8) is 0 Å². The number of carbonyl (C=O) groups excluding carboxylic acids is 1. The molecule has 1 amide bonds. The van der Waals surface area contributed by atoms with Gasteiger partial charge in [-0.05, 0) is 12.5 Å². The van der Waals surface area contributed by atoms with Crippen LogP contribution in [-0.4, -0.2) is 63.4 Å². The number of hydrogen-bond acceptors (Lipinski definition) is 7. The van der Waals surface area contributed by atoms with Gasteiger partial charge < -0.3 is 14.5 Å². The Morgan fingerprint density at radius 1 is 1.15 bits per heavy atom. The van der Waals surface area contributed by atoms with Crippen LogP contribution in [0.25, 0.3) is 0 Å². The van der Waals surface area contributed by atoms with Crippen molar-refractivity contribution in [2.45, 2.75) is 13.0 Å². The molecule has 4 rings (SSSR count). The highest BCUT2D eigenvalue weighted by atomic mass is 16.5. The van der Waals surface area contributed by atoms with Crippen LogP contribution in [0.3, 0.4) is 0 Å². The van der Waals surface area contributed by atoms with Crippen LogP contribution in [-0.2, 0) is 24.8 Å². The summed E-state index contributed by atoms with van der Waals surface area (Å²) >= 11 is 0. The standard InChI is InChI=1S/C17H20N6O3/c1-21-15(24)3-2-13(20-21)17(25)23-5-4-12-14(10-23)18-11-19-16(12)22-6-8-26-9-7-22/h2-3,11H,4-10H2,1H3. The van der Waals surface area contributed by atoms with E-state index >= 15 is 0 Å². The first kappa shape index (κ1) is 16.6. The monoisotopic (exact) mass is 356 g/mol. The van der Waals surface area contributed by atoms with Gasteiger partial charge in [-0.1, -0.05) is 0 Å². The van der Waals surface area contributed by atoms with Crippen molar-refractivity contribution in [2.75, 3.05) is 37.7 Å². The summed E-state index contributed by atoms with van der Waals surface area (Å²) in [7, 11) is 1.53. The normalized spacial score (nSPS) is 17.1. The third-order valence-electron chi connectivity index (χ3n) is 4.76. The maximum absolute atomic E-state index is 12.7. The van der Waals surface area contributed by atoms with E-state index in [2.05, 4.69) is 20.0 Å². The van der Waals surface area contributed by atoms with Crippen LogP contribution in [0.5, 0.6) is 0 Å². The van der Waals surface area contributed by atoms with Gasteiger partial charge in [0.2, 0.25) is 0 Å². The molecule has 2 aromatic heterocycles. The lowest BCUT2D eigenvalue weighted by Crippen LogP contribution is -2.41. The minimum atomic E-state index is -0.242. The molecule has 1 fully saturated rings. The molecule has 0 aromatic carbocycles. The van der Waals surface area contributed by atoms with Gasteiger partial charge in [0.25, 0.3) is 11.5 Å². The van der Waals surface area contributed by atoms with Crippen LogP contribution in [0.4, 0.5) is 5.82 Å². The second kappa shape index (κ2) is 6.83. The molecule has 4 heterocycles. The second-order valence-corrected chi connectivity index (χ2v) is 6.38. The smallest absolute Gasteiger partial charge is 0.274 e.